The van der Waals surface area contributed by atoms with Crippen molar-refractivity contribution in [1.29, 1.82) is 0 Å². The summed E-state index contributed by atoms with van der Waals surface area (Å²) in [7, 11) is 0. The third-order valence-electron chi connectivity index (χ3n) is 0.471. The van der Waals surface area contributed by atoms with E-state index in [-0.39, 0.29) is 0 Å². The highest BCUT2D eigenvalue weighted by atomic mass is 16.5. The summed E-state index contributed by atoms with van der Waals surface area (Å²) >= 11 is 0. The summed E-state index contributed by atoms with van der Waals surface area (Å²) in [6.07, 6.45) is 0. The largest absolute Gasteiger partial charge is 0.452 e. The average molecular weight is 114 g/mol. The molecule has 0 unspecified atom stereocenters. The zero-order valence-electron chi connectivity index (χ0n) is 5.22. The first-order chi connectivity index (χ1) is 3.89. The summed E-state index contributed by atoms with van der Waals surface area (Å²) in [5.74, 6) is 0.412. The zero-order valence-corrected chi connectivity index (χ0v) is 5.22. The quantitative estimate of drug-likeness (QED) is 0.473. The summed E-state index contributed by atoms with van der Waals surface area (Å²) in [5, 5.41) is 6.91. The summed E-state index contributed by atoms with van der Waals surface area (Å²) in [5.41, 5.74) is 0. The molecule has 0 amide bonds. The summed E-state index contributed by atoms with van der Waals surface area (Å²) in [4.78, 5) is 0. The van der Waals surface area contributed by atoms with E-state index < -0.39 is 0 Å². The van der Waals surface area contributed by atoms with E-state index in [9.17, 15) is 0 Å². The summed E-state index contributed by atoms with van der Waals surface area (Å²) in [6, 6.07) is 0. The minimum atomic E-state index is 0.346. The Bertz CT molecular complexity index is 98.6. The molecule has 0 atom stereocenters. The van der Waals surface area contributed by atoms with E-state index in [0.29, 0.717) is 12.6 Å². The molecule has 0 aromatic heterocycles. The molecule has 1 heterocycles. The molecule has 1 aliphatic heterocycles. The molecule has 0 bridgehead atoms. The molecule has 0 aromatic rings. The maximum atomic E-state index is 4.62. The lowest BCUT2D eigenvalue weighted by molar-refractivity contribution is 0.256. The van der Waals surface area contributed by atoms with Crippen LogP contribution in [-0.4, -0.2) is 6.73 Å². The highest BCUT2D eigenvalue weighted by molar-refractivity contribution is 4.78. The third-order valence-corrected chi connectivity index (χ3v) is 0.471. The predicted molar refractivity (Wildman–Crippen MR) is 31.3 cm³/mol. The fourth-order valence-corrected chi connectivity index (χ4v) is 0.240. The Morgan fingerprint density at radius 2 is 2.25 bits per heavy atom. The molecule has 0 N–H and O–H groups in total. The molecule has 0 saturated carbocycles. The van der Waals surface area contributed by atoms with Gasteiger partial charge in [-0.2, -0.15) is 0 Å². The first-order valence-electron chi connectivity index (χ1n) is 2.59. The van der Waals surface area contributed by atoms with Crippen molar-refractivity contribution in [1.82, 2.24) is 0 Å². The Labute approximate surface area is 49.1 Å². The molecule has 0 aliphatic carbocycles. The Balaban J connectivity index is 0.000000222. The van der Waals surface area contributed by atoms with Crippen molar-refractivity contribution in [2.45, 2.75) is 13.8 Å². The van der Waals surface area contributed by atoms with Gasteiger partial charge in [0.15, 0.2) is 0 Å². The lowest BCUT2D eigenvalue weighted by Crippen LogP contribution is -1.74. The summed E-state index contributed by atoms with van der Waals surface area (Å²) < 4.78 is 4.62. The number of rotatable bonds is 0. The monoisotopic (exact) mass is 114 g/mol. The molecule has 0 spiro atoms. The highest BCUT2D eigenvalue weighted by Crippen LogP contribution is 2.02. The van der Waals surface area contributed by atoms with Crippen LogP contribution in [0.3, 0.4) is 0 Å². The van der Waals surface area contributed by atoms with Crippen molar-refractivity contribution in [3.8, 4) is 0 Å². The van der Waals surface area contributed by atoms with E-state index in [1.54, 1.807) is 0 Å². The van der Waals surface area contributed by atoms with Gasteiger partial charge in [-0.25, -0.2) is 0 Å². The molecule has 3 heteroatoms. The van der Waals surface area contributed by atoms with Gasteiger partial charge in [0, 0.05) is 0 Å². The first-order valence-corrected chi connectivity index (χ1v) is 2.59. The second-order valence-electron chi connectivity index (χ2n) is 0.909. The topological polar surface area (TPSA) is 34.0 Å². The van der Waals surface area contributed by atoms with E-state index >= 15 is 0 Å². The lowest BCUT2D eigenvalue weighted by atomic mass is 11.0. The number of hydrogen-bond acceptors (Lipinski definition) is 3. The van der Waals surface area contributed by atoms with Gasteiger partial charge in [0.2, 0.25) is 12.6 Å². The van der Waals surface area contributed by atoms with E-state index in [0.717, 1.165) is 0 Å². The van der Waals surface area contributed by atoms with Crippen molar-refractivity contribution < 1.29 is 4.74 Å². The zero-order chi connectivity index (χ0) is 6.41. The predicted octanol–water partition coefficient (Wildman–Crippen LogP) is 1.92. The molecule has 0 aromatic carbocycles. The van der Waals surface area contributed by atoms with Gasteiger partial charge >= 0.3 is 0 Å². The maximum Gasteiger partial charge on any atom is 0.227 e. The number of hydrogen-bond donors (Lipinski definition) is 0. The van der Waals surface area contributed by atoms with Crippen LogP contribution in [0, 0.1) is 0 Å². The van der Waals surface area contributed by atoms with Crippen molar-refractivity contribution in [3.05, 3.63) is 12.5 Å². The number of nitrogens with zero attached hydrogens (tertiary/aromatic N) is 2. The molecular formula is C5H10N2O. The number of ether oxygens (including phenoxy) is 1. The van der Waals surface area contributed by atoms with Crippen LogP contribution in [0.2, 0.25) is 0 Å². The van der Waals surface area contributed by atoms with Crippen LogP contribution >= 0.6 is 0 Å². The maximum absolute atomic E-state index is 4.62. The van der Waals surface area contributed by atoms with Gasteiger partial charge in [-0.15, -0.1) is 10.2 Å². The molecule has 1 aliphatic rings. The second kappa shape index (κ2) is 4.30. The molecule has 0 saturated heterocycles. The highest BCUT2D eigenvalue weighted by Gasteiger charge is 1.94. The lowest BCUT2D eigenvalue weighted by Gasteiger charge is -1.82. The number of azo groups is 1. The van der Waals surface area contributed by atoms with Crippen LogP contribution in [0.5, 0.6) is 0 Å². The normalized spacial score (nSPS) is 14.5. The van der Waals surface area contributed by atoms with Crippen LogP contribution in [0.25, 0.3) is 0 Å². The molecule has 46 valence electrons. The minimum Gasteiger partial charge on any atom is -0.452 e. The average Bonchev–Trinajstić information content (AvgIpc) is 2.24. The summed E-state index contributed by atoms with van der Waals surface area (Å²) in [6.45, 7) is 7.72. The van der Waals surface area contributed by atoms with Crippen LogP contribution in [0.15, 0.2) is 22.7 Å². The Kier molecular flexibility index (Phi) is 3.84. The molecule has 1 rings (SSSR count). The van der Waals surface area contributed by atoms with Gasteiger partial charge < -0.3 is 4.74 Å². The van der Waals surface area contributed by atoms with E-state index in [1.165, 1.54) is 0 Å². The Hall–Kier alpha value is -0.860. The van der Waals surface area contributed by atoms with Crippen molar-refractivity contribution in [2.24, 2.45) is 10.2 Å². The van der Waals surface area contributed by atoms with Gasteiger partial charge in [-0.1, -0.05) is 13.8 Å². The van der Waals surface area contributed by atoms with Crippen LogP contribution < -0.4 is 0 Å². The molecular weight excluding hydrogens is 104 g/mol. The van der Waals surface area contributed by atoms with Crippen LogP contribution in [-0.2, 0) is 4.74 Å². The minimum absolute atomic E-state index is 0.346. The van der Waals surface area contributed by atoms with Crippen LogP contribution in [0.1, 0.15) is 13.8 Å². The van der Waals surface area contributed by atoms with Gasteiger partial charge in [0.05, 0.1) is 0 Å². The Morgan fingerprint density at radius 1 is 1.62 bits per heavy atom. The van der Waals surface area contributed by atoms with Gasteiger partial charge in [-0.05, 0) is 6.58 Å². The molecule has 0 fully saturated rings. The third kappa shape index (κ3) is 2.34. The van der Waals surface area contributed by atoms with Crippen molar-refractivity contribution >= 4 is 0 Å². The molecule has 8 heavy (non-hydrogen) atoms. The first kappa shape index (κ1) is 7.14. The van der Waals surface area contributed by atoms with E-state index in [4.69, 9.17) is 0 Å². The van der Waals surface area contributed by atoms with E-state index in [2.05, 4.69) is 21.5 Å². The SMILES string of the molecule is C=C1N=NCO1.CC. The van der Waals surface area contributed by atoms with Gasteiger partial charge in [0.25, 0.3) is 0 Å². The fourth-order valence-electron chi connectivity index (χ4n) is 0.240. The van der Waals surface area contributed by atoms with Gasteiger partial charge in [0.1, 0.15) is 0 Å². The van der Waals surface area contributed by atoms with Crippen molar-refractivity contribution in [3.63, 3.8) is 0 Å². The van der Waals surface area contributed by atoms with Crippen molar-refractivity contribution in [2.75, 3.05) is 6.73 Å². The smallest absolute Gasteiger partial charge is 0.227 e. The molecule has 0 radical (unpaired) electrons. The molecule has 3 nitrogen and oxygen atoms in total. The van der Waals surface area contributed by atoms with E-state index in [1.807, 2.05) is 13.8 Å². The standard InChI is InChI=1S/C3H4N2O.C2H6/c1-3-5-4-2-6-3;1-2/h1-2H2;1-2H3. The second-order valence-corrected chi connectivity index (χ2v) is 0.909. The Morgan fingerprint density at radius 3 is 2.38 bits per heavy atom. The fraction of sp³-hybridized carbons (Fsp3) is 0.600. The van der Waals surface area contributed by atoms with Crippen LogP contribution in [0.4, 0.5) is 0 Å². The van der Waals surface area contributed by atoms with Gasteiger partial charge in [-0.3, -0.25) is 0 Å².